The average molecular weight is 394 g/mol. The topological polar surface area (TPSA) is 67.9 Å². The van der Waals surface area contributed by atoms with E-state index in [0.717, 1.165) is 54.1 Å². The molecule has 1 unspecified atom stereocenters. The number of fused-ring (bicyclic) bond motifs is 1. The first kappa shape index (κ1) is 19.5. The molecular formula is C23H26N2O4. The Balaban J connectivity index is 1.46. The number of methoxy groups -OCH3 is 1. The number of anilines is 2. The van der Waals surface area contributed by atoms with Gasteiger partial charge in [-0.25, -0.2) is 0 Å². The summed E-state index contributed by atoms with van der Waals surface area (Å²) in [5.41, 5.74) is 3.66. The minimum Gasteiger partial charge on any atom is -0.497 e. The summed E-state index contributed by atoms with van der Waals surface area (Å²) in [6.07, 6.45) is 2.90. The van der Waals surface area contributed by atoms with E-state index in [4.69, 9.17) is 9.47 Å². The number of rotatable bonds is 5. The van der Waals surface area contributed by atoms with Crippen molar-refractivity contribution in [3.05, 3.63) is 53.6 Å². The predicted molar refractivity (Wildman–Crippen MR) is 111 cm³/mol. The van der Waals surface area contributed by atoms with Gasteiger partial charge in [-0.05, 0) is 54.7 Å². The summed E-state index contributed by atoms with van der Waals surface area (Å²) in [6, 6.07) is 13.4. The van der Waals surface area contributed by atoms with Crippen LogP contribution in [0.2, 0.25) is 0 Å². The second kappa shape index (κ2) is 8.66. The van der Waals surface area contributed by atoms with Crippen molar-refractivity contribution in [2.75, 3.05) is 37.1 Å². The molecule has 2 aromatic rings. The molecular weight excluding hydrogens is 368 g/mol. The minimum atomic E-state index is -0.109. The molecule has 0 aliphatic carbocycles. The molecule has 1 N–H and O–H groups in total. The van der Waals surface area contributed by atoms with Crippen LogP contribution in [0.25, 0.3) is 0 Å². The highest BCUT2D eigenvalue weighted by Crippen LogP contribution is 2.32. The van der Waals surface area contributed by atoms with E-state index in [1.807, 2.05) is 47.4 Å². The molecule has 1 saturated heterocycles. The molecule has 152 valence electrons. The second-order valence-electron chi connectivity index (χ2n) is 7.57. The van der Waals surface area contributed by atoms with E-state index in [-0.39, 0.29) is 17.7 Å². The van der Waals surface area contributed by atoms with Crippen molar-refractivity contribution >= 4 is 23.2 Å². The summed E-state index contributed by atoms with van der Waals surface area (Å²) in [4.78, 5) is 27.3. The Morgan fingerprint density at radius 1 is 1.24 bits per heavy atom. The number of hydrogen-bond donors (Lipinski definition) is 1. The molecule has 29 heavy (non-hydrogen) atoms. The lowest BCUT2D eigenvalue weighted by Crippen LogP contribution is -2.31. The van der Waals surface area contributed by atoms with Crippen LogP contribution in [0.5, 0.6) is 5.75 Å². The normalized spacial score (nSPS) is 18.2. The van der Waals surface area contributed by atoms with Gasteiger partial charge in [0.1, 0.15) is 5.75 Å². The molecule has 6 nitrogen and oxygen atoms in total. The maximum absolute atomic E-state index is 12.9. The van der Waals surface area contributed by atoms with Crippen LogP contribution in [0.4, 0.5) is 11.4 Å². The van der Waals surface area contributed by atoms with Gasteiger partial charge in [0.05, 0.1) is 26.1 Å². The summed E-state index contributed by atoms with van der Waals surface area (Å²) >= 11 is 0. The average Bonchev–Trinajstić information content (AvgIpc) is 3.18. The zero-order valence-electron chi connectivity index (χ0n) is 16.6. The third-order valence-electron chi connectivity index (χ3n) is 5.57. The molecule has 0 radical (unpaired) electrons. The van der Waals surface area contributed by atoms with Gasteiger partial charge in [-0.2, -0.15) is 0 Å². The van der Waals surface area contributed by atoms with Gasteiger partial charge in [0.25, 0.3) is 0 Å². The Bertz CT molecular complexity index is 906. The van der Waals surface area contributed by atoms with E-state index < -0.39 is 0 Å². The summed E-state index contributed by atoms with van der Waals surface area (Å²) in [5, 5.41) is 2.99. The van der Waals surface area contributed by atoms with Crippen LogP contribution in [0, 0.1) is 5.92 Å². The van der Waals surface area contributed by atoms with Gasteiger partial charge in [0, 0.05) is 24.5 Å². The molecule has 6 heteroatoms. The predicted octanol–water partition coefficient (Wildman–Crippen LogP) is 3.19. The molecule has 1 fully saturated rings. The number of ether oxygens (including phenoxy) is 2. The summed E-state index contributed by atoms with van der Waals surface area (Å²) in [7, 11) is 1.62. The van der Waals surface area contributed by atoms with Crippen LogP contribution in [-0.2, 0) is 27.2 Å². The van der Waals surface area contributed by atoms with E-state index in [9.17, 15) is 9.59 Å². The number of nitrogens with one attached hydrogen (secondary N) is 1. The van der Waals surface area contributed by atoms with Gasteiger partial charge in [-0.3, -0.25) is 9.59 Å². The number of benzene rings is 2. The summed E-state index contributed by atoms with van der Waals surface area (Å²) < 4.78 is 10.7. The van der Waals surface area contributed by atoms with Crippen LogP contribution in [-0.4, -0.2) is 38.7 Å². The zero-order valence-corrected chi connectivity index (χ0v) is 16.6. The highest BCUT2D eigenvalue weighted by molar-refractivity contribution is 5.99. The Kier molecular flexibility index (Phi) is 5.81. The first-order valence-corrected chi connectivity index (χ1v) is 10.1. The standard InChI is InChI=1S/C23H26N2O4/c1-28-20-6-2-4-16(12-20)13-22(26)25-10-9-17-7-8-19(14-21(17)25)24-23(27)18-5-3-11-29-15-18/h2,4,6-8,12,14,18H,3,5,9-11,13,15H2,1H3,(H,24,27). The molecule has 2 aliphatic rings. The van der Waals surface area contributed by atoms with E-state index in [0.29, 0.717) is 19.6 Å². The zero-order chi connectivity index (χ0) is 20.2. The first-order chi connectivity index (χ1) is 14.1. The fourth-order valence-corrected chi connectivity index (χ4v) is 3.96. The van der Waals surface area contributed by atoms with Crippen LogP contribution in [0.3, 0.4) is 0 Å². The first-order valence-electron chi connectivity index (χ1n) is 10.1. The molecule has 0 aromatic heterocycles. The van der Waals surface area contributed by atoms with Crippen LogP contribution >= 0.6 is 0 Å². The molecule has 0 bridgehead atoms. The van der Waals surface area contributed by atoms with Crippen LogP contribution in [0.15, 0.2) is 42.5 Å². The quantitative estimate of drug-likeness (QED) is 0.846. The highest BCUT2D eigenvalue weighted by Gasteiger charge is 2.26. The molecule has 0 spiro atoms. The van der Waals surface area contributed by atoms with Gasteiger partial charge >= 0.3 is 0 Å². The molecule has 4 rings (SSSR count). The largest absolute Gasteiger partial charge is 0.497 e. The highest BCUT2D eigenvalue weighted by atomic mass is 16.5. The summed E-state index contributed by atoms with van der Waals surface area (Å²) in [5.74, 6) is 0.662. The number of hydrogen-bond acceptors (Lipinski definition) is 4. The SMILES string of the molecule is COc1cccc(CC(=O)N2CCc3ccc(NC(=O)C4CCCOC4)cc32)c1. The molecule has 1 atom stereocenters. The van der Waals surface area contributed by atoms with Crippen molar-refractivity contribution in [1.82, 2.24) is 0 Å². The van der Waals surface area contributed by atoms with E-state index >= 15 is 0 Å². The third kappa shape index (κ3) is 4.43. The lowest BCUT2D eigenvalue weighted by Gasteiger charge is -2.22. The van der Waals surface area contributed by atoms with Gasteiger partial charge < -0.3 is 19.7 Å². The minimum absolute atomic E-state index is 0.0168. The third-order valence-corrected chi connectivity index (χ3v) is 5.57. The number of carbonyl (C=O) groups excluding carboxylic acids is 2. The van der Waals surface area contributed by atoms with Gasteiger partial charge in [-0.15, -0.1) is 0 Å². The van der Waals surface area contributed by atoms with Gasteiger partial charge in [0.2, 0.25) is 11.8 Å². The van der Waals surface area contributed by atoms with E-state index in [1.54, 1.807) is 7.11 Å². The maximum atomic E-state index is 12.9. The van der Waals surface area contributed by atoms with Crippen molar-refractivity contribution in [3.63, 3.8) is 0 Å². The van der Waals surface area contributed by atoms with E-state index in [1.165, 1.54) is 0 Å². The number of carbonyl (C=O) groups is 2. The van der Waals surface area contributed by atoms with Gasteiger partial charge in [-0.1, -0.05) is 18.2 Å². The van der Waals surface area contributed by atoms with E-state index in [2.05, 4.69) is 5.32 Å². The lowest BCUT2D eigenvalue weighted by atomic mass is 10.0. The van der Waals surface area contributed by atoms with Gasteiger partial charge in [0.15, 0.2) is 0 Å². The lowest BCUT2D eigenvalue weighted by molar-refractivity contribution is -0.123. The summed E-state index contributed by atoms with van der Waals surface area (Å²) in [6.45, 7) is 1.86. The Hall–Kier alpha value is -2.86. The van der Waals surface area contributed by atoms with Crippen molar-refractivity contribution in [3.8, 4) is 5.75 Å². The van der Waals surface area contributed by atoms with Crippen molar-refractivity contribution in [2.24, 2.45) is 5.92 Å². The van der Waals surface area contributed by atoms with Crippen molar-refractivity contribution in [1.29, 1.82) is 0 Å². The molecule has 2 heterocycles. The van der Waals surface area contributed by atoms with Crippen LogP contribution in [0.1, 0.15) is 24.0 Å². The number of amides is 2. The van der Waals surface area contributed by atoms with Crippen molar-refractivity contribution < 1.29 is 19.1 Å². The van der Waals surface area contributed by atoms with Crippen molar-refractivity contribution in [2.45, 2.75) is 25.7 Å². The smallest absolute Gasteiger partial charge is 0.231 e. The van der Waals surface area contributed by atoms with Crippen LogP contribution < -0.4 is 15.0 Å². The molecule has 2 aliphatic heterocycles. The maximum Gasteiger partial charge on any atom is 0.231 e. The number of nitrogens with zero attached hydrogens (tertiary/aromatic N) is 1. The Labute approximate surface area is 170 Å². The fourth-order valence-electron chi connectivity index (χ4n) is 3.96. The Morgan fingerprint density at radius 2 is 2.14 bits per heavy atom. The molecule has 2 amide bonds. The Morgan fingerprint density at radius 3 is 2.93 bits per heavy atom. The second-order valence-corrected chi connectivity index (χ2v) is 7.57. The molecule has 0 saturated carbocycles. The fraction of sp³-hybridized carbons (Fsp3) is 0.391. The monoisotopic (exact) mass is 394 g/mol. The molecule has 2 aromatic carbocycles.